The summed E-state index contributed by atoms with van der Waals surface area (Å²) in [4.78, 5) is 29.5. The highest BCUT2D eigenvalue weighted by molar-refractivity contribution is 5.94. The van der Waals surface area contributed by atoms with Crippen molar-refractivity contribution in [2.75, 3.05) is 27.7 Å². The second-order valence-corrected chi connectivity index (χ2v) is 5.95. The fourth-order valence-electron chi connectivity index (χ4n) is 2.29. The maximum Gasteiger partial charge on any atom is 0.317 e. The molecule has 2 N–H and O–H groups in total. The number of pyridine rings is 1. The molecule has 0 fully saturated rings. The van der Waals surface area contributed by atoms with Crippen LogP contribution in [0.4, 0.5) is 4.79 Å². The van der Waals surface area contributed by atoms with Crippen molar-refractivity contribution in [3.8, 4) is 5.75 Å². The molecule has 0 aliphatic rings. The van der Waals surface area contributed by atoms with Crippen LogP contribution in [0.3, 0.4) is 0 Å². The average molecular weight is 356 g/mol. The van der Waals surface area contributed by atoms with Gasteiger partial charge < -0.3 is 20.3 Å². The first-order valence-corrected chi connectivity index (χ1v) is 8.31. The van der Waals surface area contributed by atoms with E-state index in [-0.39, 0.29) is 18.5 Å². The largest absolute Gasteiger partial charge is 0.497 e. The van der Waals surface area contributed by atoms with Gasteiger partial charge in [-0.15, -0.1) is 0 Å². The minimum Gasteiger partial charge on any atom is -0.497 e. The van der Waals surface area contributed by atoms with Gasteiger partial charge in [-0.2, -0.15) is 0 Å². The zero-order valence-corrected chi connectivity index (χ0v) is 15.3. The van der Waals surface area contributed by atoms with Crippen LogP contribution in [0.5, 0.6) is 5.75 Å². The third-order valence-electron chi connectivity index (χ3n) is 3.74. The van der Waals surface area contributed by atoms with E-state index in [2.05, 4.69) is 15.6 Å². The Balaban J connectivity index is 1.86. The molecular weight excluding hydrogens is 332 g/mol. The number of carbonyl (C=O) groups is 2. The number of rotatable bonds is 7. The monoisotopic (exact) mass is 356 g/mol. The Kier molecular flexibility index (Phi) is 6.96. The number of ether oxygens (including phenoxy) is 1. The van der Waals surface area contributed by atoms with Crippen LogP contribution >= 0.6 is 0 Å². The maximum absolute atomic E-state index is 12.3. The van der Waals surface area contributed by atoms with Crippen molar-refractivity contribution in [2.45, 2.75) is 13.0 Å². The molecule has 7 heteroatoms. The van der Waals surface area contributed by atoms with Gasteiger partial charge >= 0.3 is 6.03 Å². The van der Waals surface area contributed by atoms with Gasteiger partial charge in [-0.05, 0) is 36.2 Å². The summed E-state index contributed by atoms with van der Waals surface area (Å²) in [5.41, 5.74) is 2.23. The Hall–Kier alpha value is -3.09. The van der Waals surface area contributed by atoms with E-state index in [1.165, 1.54) is 4.90 Å². The van der Waals surface area contributed by atoms with Crippen LogP contribution in [0, 0.1) is 0 Å². The Bertz CT molecular complexity index is 762. The highest BCUT2D eigenvalue weighted by Crippen LogP contribution is 2.12. The molecule has 2 aromatic rings. The van der Waals surface area contributed by atoms with Crippen molar-refractivity contribution < 1.29 is 14.3 Å². The van der Waals surface area contributed by atoms with Crippen LogP contribution in [0.2, 0.25) is 0 Å². The van der Waals surface area contributed by atoms with E-state index >= 15 is 0 Å². The van der Waals surface area contributed by atoms with E-state index in [4.69, 9.17) is 4.74 Å². The minimum absolute atomic E-state index is 0.171. The number of hydrogen-bond acceptors (Lipinski definition) is 4. The van der Waals surface area contributed by atoms with Gasteiger partial charge in [-0.25, -0.2) is 4.79 Å². The Morgan fingerprint density at radius 1 is 1.15 bits per heavy atom. The first kappa shape index (κ1) is 19.2. The second-order valence-electron chi connectivity index (χ2n) is 5.95. The van der Waals surface area contributed by atoms with Crippen LogP contribution in [0.1, 0.15) is 21.6 Å². The van der Waals surface area contributed by atoms with Crippen molar-refractivity contribution in [1.29, 1.82) is 0 Å². The summed E-state index contributed by atoms with van der Waals surface area (Å²) in [6, 6.07) is 10.9. The summed E-state index contributed by atoms with van der Waals surface area (Å²) in [6.45, 7) is 0.781. The highest BCUT2D eigenvalue weighted by Gasteiger charge is 2.08. The normalized spacial score (nSPS) is 10.1. The molecule has 138 valence electrons. The summed E-state index contributed by atoms with van der Waals surface area (Å²) in [5, 5.41) is 5.61. The molecule has 0 aliphatic heterocycles. The van der Waals surface area contributed by atoms with E-state index in [0.29, 0.717) is 24.2 Å². The number of nitrogens with one attached hydrogen (secondary N) is 2. The third kappa shape index (κ3) is 5.77. The SMILES string of the molecule is COc1cccc(CCNC(=O)c2ccnc(CNC(=O)N(C)C)c2)c1. The maximum atomic E-state index is 12.3. The fourth-order valence-corrected chi connectivity index (χ4v) is 2.29. The van der Waals surface area contributed by atoms with Gasteiger partial charge in [0.1, 0.15) is 5.75 Å². The Labute approximate surface area is 153 Å². The molecule has 0 saturated heterocycles. The summed E-state index contributed by atoms with van der Waals surface area (Å²) in [5.74, 6) is 0.628. The van der Waals surface area contributed by atoms with Gasteiger partial charge in [0.15, 0.2) is 0 Å². The lowest BCUT2D eigenvalue weighted by molar-refractivity contribution is 0.0954. The Morgan fingerprint density at radius 3 is 2.69 bits per heavy atom. The van der Waals surface area contributed by atoms with Gasteiger partial charge in [-0.1, -0.05) is 12.1 Å². The number of urea groups is 1. The number of benzene rings is 1. The molecule has 3 amide bonds. The van der Waals surface area contributed by atoms with Crippen LogP contribution in [0.15, 0.2) is 42.6 Å². The molecule has 0 aliphatic carbocycles. The number of carbonyl (C=O) groups excluding carboxylic acids is 2. The topological polar surface area (TPSA) is 83.6 Å². The predicted molar refractivity (Wildman–Crippen MR) is 99.2 cm³/mol. The van der Waals surface area contributed by atoms with E-state index in [0.717, 1.165) is 11.3 Å². The molecule has 2 rings (SSSR count). The number of nitrogens with zero attached hydrogens (tertiary/aromatic N) is 2. The van der Waals surface area contributed by atoms with Crippen LogP contribution in [0.25, 0.3) is 0 Å². The molecule has 7 nitrogen and oxygen atoms in total. The molecule has 26 heavy (non-hydrogen) atoms. The van der Waals surface area contributed by atoms with E-state index in [1.807, 2.05) is 24.3 Å². The fraction of sp³-hybridized carbons (Fsp3) is 0.316. The second kappa shape index (κ2) is 9.41. The lowest BCUT2D eigenvalue weighted by Crippen LogP contribution is -2.34. The molecule has 1 heterocycles. The van der Waals surface area contributed by atoms with E-state index in [9.17, 15) is 9.59 Å². The summed E-state index contributed by atoms with van der Waals surface area (Å²) >= 11 is 0. The molecule has 0 bridgehead atoms. The molecule has 1 aromatic carbocycles. The highest BCUT2D eigenvalue weighted by atomic mass is 16.5. The predicted octanol–water partition coefficient (Wildman–Crippen LogP) is 1.83. The standard InChI is InChI=1S/C19H24N4O3/c1-23(2)19(25)22-13-16-12-15(8-10-20-16)18(24)21-9-7-14-5-4-6-17(11-14)26-3/h4-6,8,10-12H,7,9,13H2,1-3H3,(H,21,24)(H,22,25). The van der Waals surface area contributed by atoms with Gasteiger partial charge in [-0.3, -0.25) is 9.78 Å². The summed E-state index contributed by atoms with van der Waals surface area (Å²) in [6.07, 6.45) is 2.27. The van der Waals surface area contributed by atoms with E-state index in [1.54, 1.807) is 39.5 Å². The third-order valence-corrected chi connectivity index (χ3v) is 3.74. The number of aromatic nitrogens is 1. The smallest absolute Gasteiger partial charge is 0.317 e. The van der Waals surface area contributed by atoms with Crippen molar-refractivity contribution in [2.24, 2.45) is 0 Å². The number of amides is 3. The van der Waals surface area contributed by atoms with Crippen molar-refractivity contribution in [3.63, 3.8) is 0 Å². The van der Waals surface area contributed by atoms with E-state index < -0.39 is 0 Å². The van der Waals surface area contributed by atoms with Crippen molar-refractivity contribution >= 4 is 11.9 Å². The van der Waals surface area contributed by atoms with Gasteiger partial charge in [0.05, 0.1) is 19.3 Å². The molecule has 0 saturated carbocycles. The molecule has 0 radical (unpaired) electrons. The van der Waals surface area contributed by atoms with Crippen LogP contribution in [-0.4, -0.2) is 49.6 Å². The van der Waals surface area contributed by atoms with Gasteiger partial charge in [0.2, 0.25) is 0 Å². The molecule has 0 atom stereocenters. The molecule has 0 unspecified atom stereocenters. The molecule has 1 aromatic heterocycles. The summed E-state index contributed by atoms with van der Waals surface area (Å²) < 4.78 is 5.19. The quantitative estimate of drug-likeness (QED) is 0.793. The molecule has 0 spiro atoms. The van der Waals surface area contributed by atoms with Crippen LogP contribution in [-0.2, 0) is 13.0 Å². The zero-order chi connectivity index (χ0) is 18.9. The van der Waals surface area contributed by atoms with Crippen LogP contribution < -0.4 is 15.4 Å². The Morgan fingerprint density at radius 2 is 1.96 bits per heavy atom. The number of hydrogen-bond donors (Lipinski definition) is 2. The lowest BCUT2D eigenvalue weighted by atomic mass is 10.1. The van der Waals surface area contributed by atoms with Gasteiger partial charge in [0.25, 0.3) is 5.91 Å². The minimum atomic E-state index is -0.208. The van der Waals surface area contributed by atoms with Crippen molar-refractivity contribution in [3.05, 3.63) is 59.4 Å². The lowest BCUT2D eigenvalue weighted by Gasteiger charge is -2.12. The van der Waals surface area contributed by atoms with Crippen molar-refractivity contribution in [1.82, 2.24) is 20.5 Å². The first-order chi connectivity index (χ1) is 12.5. The van der Waals surface area contributed by atoms with Gasteiger partial charge in [0, 0.05) is 32.4 Å². The zero-order valence-electron chi connectivity index (χ0n) is 15.3. The summed E-state index contributed by atoms with van der Waals surface area (Å²) in [7, 11) is 4.95. The average Bonchev–Trinajstić information content (AvgIpc) is 2.66. The molecular formula is C19H24N4O3. The number of methoxy groups -OCH3 is 1. The first-order valence-electron chi connectivity index (χ1n) is 8.31.